The Bertz CT molecular complexity index is 825. The molecular weight excluding hydrogens is 318 g/mol. The third kappa shape index (κ3) is 3.16. The number of carbonyl (C=O) groups excluding carboxylic acids is 1. The highest BCUT2D eigenvalue weighted by molar-refractivity contribution is 7.89. The molecule has 0 bridgehead atoms. The Morgan fingerprint density at radius 2 is 2.17 bits per heavy atom. The summed E-state index contributed by atoms with van der Waals surface area (Å²) in [5.41, 5.74) is 1.08. The second kappa shape index (κ2) is 6.17. The van der Waals surface area contributed by atoms with Crippen molar-refractivity contribution in [2.75, 3.05) is 7.11 Å². The van der Waals surface area contributed by atoms with Crippen LogP contribution in [0.2, 0.25) is 0 Å². The van der Waals surface area contributed by atoms with E-state index in [1.54, 1.807) is 12.3 Å². The van der Waals surface area contributed by atoms with E-state index < -0.39 is 16.0 Å². The zero-order valence-corrected chi connectivity index (χ0v) is 13.4. The number of rotatable bonds is 4. The number of carbonyl (C=O) groups is 1. The van der Waals surface area contributed by atoms with Crippen LogP contribution in [0.4, 0.5) is 0 Å². The van der Waals surface area contributed by atoms with Gasteiger partial charge in [-0.05, 0) is 37.1 Å². The second-order valence-electron chi connectivity index (χ2n) is 5.38. The van der Waals surface area contributed by atoms with E-state index >= 15 is 0 Å². The summed E-state index contributed by atoms with van der Waals surface area (Å²) in [5.74, 6) is 0.254. The number of aryl methyl sites for hydroxylation is 1. The van der Waals surface area contributed by atoms with Crippen LogP contribution in [0, 0.1) is 0 Å². The molecule has 0 unspecified atom stereocenters. The van der Waals surface area contributed by atoms with Crippen molar-refractivity contribution in [2.45, 2.75) is 30.2 Å². The summed E-state index contributed by atoms with van der Waals surface area (Å²) in [4.78, 5) is 11.6. The van der Waals surface area contributed by atoms with Crippen molar-refractivity contribution in [3.8, 4) is 0 Å². The van der Waals surface area contributed by atoms with Crippen LogP contribution in [0.3, 0.4) is 0 Å². The van der Waals surface area contributed by atoms with Crippen LogP contribution in [-0.4, -0.2) is 21.5 Å². The number of hydrogen-bond donors (Lipinski definition) is 1. The highest BCUT2D eigenvalue weighted by Gasteiger charge is 2.27. The molecular formula is C16H17NO5S. The Balaban J connectivity index is 1.87. The number of ether oxygens (including phenoxy) is 1. The fraction of sp³-hybridized carbons (Fsp3) is 0.312. The van der Waals surface area contributed by atoms with Crippen LogP contribution in [0.1, 0.15) is 40.6 Å². The predicted octanol–water partition coefficient (Wildman–Crippen LogP) is 2.42. The van der Waals surface area contributed by atoms with E-state index in [0.29, 0.717) is 6.42 Å². The Morgan fingerprint density at radius 3 is 2.96 bits per heavy atom. The van der Waals surface area contributed by atoms with Gasteiger partial charge in [0.1, 0.15) is 5.76 Å². The largest absolute Gasteiger partial charge is 0.469 e. The van der Waals surface area contributed by atoms with Crippen molar-refractivity contribution in [1.29, 1.82) is 0 Å². The van der Waals surface area contributed by atoms with Crippen LogP contribution in [-0.2, 0) is 21.2 Å². The molecule has 3 rings (SSSR count). The maximum atomic E-state index is 12.6. The third-order valence-electron chi connectivity index (χ3n) is 3.91. The van der Waals surface area contributed by atoms with Gasteiger partial charge in [0, 0.05) is 12.0 Å². The highest BCUT2D eigenvalue weighted by atomic mass is 32.2. The lowest BCUT2D eigenvalue weighted by Gasteiger charge is -2.22. The van der Waals surface area contributed by atoms with Gasteiger partial charge in [0.25, 0.3) is 0 Å². The van der Waals surface area contributed by atoms with Crippen molar-refractivity contribution in [2.24, 2.45) is 0 Å². The Kier molecular flexibility index (Phi) is 4.23. The number of hydrogen-bond acceptors (Lipinski definition) is 5. The average molecular weight is 335 g/mol. The van der Waals surface area contributed by atoms with Crippen LogP contribution in [0.15, 0.2) is 45.9 Å². The zero-order valence-electron chi connectivity index (χ0n) is 12.6. The average Bonchev–Trinajstić information content (AvgIpc) is 3.04. The fourth-order valence-corrected chi connectivity index (χ4v) is 4.07. The van der Waals surface area contributed by atoms with Gasteiger partial charge in [-0.15, -0.1) is 0 Å². The van der Waals surface area contributed by atoms with Gasteiger partial charge in [0.05, 0.1) is 29.9 Å². The van der Waals surface area contributed by atoms with Crippen LogP contribution in [0.5, 0.6) is 0 Å². The minimum Gasteiger partial charge on any atom is -0.469 e. The number of furan rings is 1. The Hall–Kier alpha value is -2.12. The van der Waals surface area contributed by atoms with E-state index in [-0.39, 0.29) is 16.5 Å². The molecule has 1 heterocycles. The van der Waals surface area contributed by atoms with Crippen molar-refractivity contribution >= 4 is 16.0 Å². The normalized spacial score (nSPS) is 17.5. The summed E-state index contributed by atoms with van der Waals surface area (Å²) in [6, 6.07) is 7.28. The lowest BCUT2D eigenvalue weighted by atomic mass is 9.94. The number of sulfonamides is 1. The Morgan fingerprint density at radius 1 is 1.35 bits per heavy atom. The summed E-state index contributed by atoms with van der Waals surface area (Å²) < 4.78 is 37.9. The summed E-state index contributed by atoms with van der Waals surface area (Å²) in [6.45, 7) is 0. The van der Waals surface area contributed by atoms with E-state index in [4.69, 9.17) is 4.42 Å². The zero-order chi connectivity index (χ0) is 16.4. The molecule has 2 aromatic rings. The van der Waals surface area contributed by atoms with Crippen molar-refractivity contribution < 1.29 is 22.4 Å². The number of methoxy groups -OCH3 is 1. The molecule has 23 heavy (non-hydrogen) atoms. The van der Waals surface area contributed by atoms with E-state index in [1.807, 2.05) is 0 Å². The van der Waals surface area contributed by atoms with E-state index in [2.05, 4.69) is 9.46 Å². The quantitative estimate of drug-likeness (QED) is 0.867. The van der Waals surface area contributed by atoms with Gasteiger partial charge in [-0.2, -0.15) is 0 Å². The van der Waals surface area contributed by atoms with E-state index in [0.717, 1.165) is 24.2 Å². The summed E-state index contributed by atoms with van der Waals surface area (Å²) in [6.07, 6.45) is 3.96. The molecule has 0 aliphatic heterocycles. The number of fused-ring (bicyclic) bond motifs is 1. The molecule has 0 amide bonds. The van der Waals surface area contributed by atoms with Gasteiger partial charge < -0.3 is 9.15 Å². The van der Waals surface area contributed by atoms with Gasteiger partial charge in [0.15, 0.2) is 0 Å². The molecule has 122 valence electrons. The van der Waals surface area contributed by atoms with Gasteiger partial charge >= 0.3 is 5.97 Å². The first-order valence-corrected chi connectivity index (χ1v) is 8.76. The van der Waals surface area contributed by atoms with Gasteiger partial charge in [-0.25, -0.2) is 17.9 Å². The molecule has 7 heteroatoms. The number of nitrogens with one attached hydrogen (secondary N) is 1. The van der Waals surface area contributed by atoms with Crippen molar-refractivity contribution in [3.05, 3.63) is 53.5 Å². The summed E-state index contributed by atoms with van der Waals surface area (Å²) >= 11 is 0. The van der Waals surface area contributed by atoms with Gasteiger partial charge in [-0.3, -0.25) is 0 Å². The molecule has 0 fully saturated rings. The first-order valence-electron chi connectivity index (χ1n) is 7.28. The molecule has 0 saturated carbocycles. The molecule has 1 aliphatic carbocycles. The number of esters is 1. The van der Waals surface area contributed by atoms with Crippen LogP contribution < -0.4 is 4.72 Å². The minimum atomic E-state index is -3.74. The molecule has 0 radical (unpaired) electrons. The number of benzene rings is 1. The van der Waals surface area contributed by atoms with Gasteiger partial charge in [-0.1, -0.05) is 6.07 Å². The van der Waals surface area contributed by atoms with E-state index in [1.165, 1.54) is 31.4 Å². The first kappa shape index (κ1) is 15.8. The monoisotopic (exact) mass is 335 g/mol. The molecule has 0 saturated heterocycles. The topological polar surface area (TPSA) is 85.6 Å². The molecule has 1 N–H and O–H groups in total. The predicted molar refractivity (Wildman–Crippen MR) is 82.5 cm³/mol. The smallest absolute Gasteiger partial charge is 0.337 e. The highest BCUT2D eigenvalue weighted by Crippen LogP contribution is 2.31. The molecule has 1 aliphatic rings. The summed E-state index contributed by atoms with van der Waals surface area (Å²) in [7, 11) is -2.49. The molecule has 1 atom stereocenters. The van der Waals surface area contributed by atoms with Crippen molar-refractivity contribution in [1.82, 2.24) is 4.72 Å². The lowest BCUT2D eigenvalue weighted by Crippen LogP contribution is -2.30. The van der Waals surface area contributed by atoms with Crippen LogP contribution in [0.25, 0.3) is 0 Å². The van der Waals surface area contributed by atoms with Crippen molar-refractivity contribution in [3.63, 3.8) is 0 Å². The van der Waals surface area contributed by atoms with E-state index in [9.17, 15) is 13.2 Å². The second-order valence-corrected chi connectivity index (χ2v) is 7.10. The van der Waals surface area contributed by atoms with Crippen LogP contribution >= 0.6 is 0 Å². The first-order chi connectivity index (χ1) is 11.0. The summed E-state index contributed by atoms with van der Waals surface area (Å²) in [5, 5.41) is 0. The fourth-order valence-electron chi connectivity index (χ4n) is 2.77. The molecule has 0 spiro atoms. The lowest BCUT2D eigenvalue weighted by molar-refractivity contribution is 0.0600. The molecule has 1 aromatic carbocycles. The molecule has 1 aromatic heterocycles. The third-order valence-corrected chi connectivity index (χ3v) is 5.38. The maximum Gasteiger partial charge on any atom is 0.337 e. The minimum absolute atomic E-state index is 0.0380. The Labute approximate surface area is 134 Å². The molecule has 6 nitrogen and oxygen atoms in total. The SMILES string of the molecule is COC(=O)c1cccc(S(=O)(=O)N[C@@H]2CCCc3occc32)c1. The standard InChI is InChI=1S/C16H17NO5S/c1-21-16(18)11-4-2-5-12(10-11)23(19,20)17-14-6-3-7-15-13(14)8-9-22-15/h2,4-5,8-10,14,17H,3,6-7H2,1H3/t14-/m1/s1. The maximum absolute atomic E-state index is 12.6. The van der Waals surface area contributed by atoms with Gasteiger partial charge in [0.2, 0.25) is 10.0 Å².